The fourth-order valence-electron chi connectivity index (χ4n) is 1.26. The van der Waals surface area contributed by atoms with E-state index in [-0.39, 0.29) is 6.09 Å². The molecule has 0 N–H and O–H groups in total. The van der Waals surface area contributed by atoms with Gasteiger partial charge in [0.05, 0.1) is 18.8 Å². The van der Waals surface area contributed by atoms with Crippen LogP contribution < -0.4 is 0 Å². The van der Waals surface area contributed by atoms with Gasteiger partial charge < -0.3 is 14.2 Å². The smallest absolute Gasteiger partial charge is 0.409 e. The molecule has 0 aliphatic heterocycles. The van der Waals surface area contributed by atoms with Crippen LogP contribution in [0.25, 0.3) is 0 Å². The molecule has 84 valence electrons. The summed E-state index contributed by atoms with van der Waals surface area (Å²) in [4.78, 5) is 12.8. The molecule has 0 atom stereocenters. The summed E-state index contributed by atoms with van der Waals surface area (Å²) in [7, 11) is 1.68. The Balaban J connectivity index is 2.66. The van der Waals surface area contributed by atoms with E-state index in [0.29, 0.717) is 13.2 Å². The van der Waals surface area contributed by atoms with Gasteiger partial charge in [0.15, 0.2) is 0 Å². The van der Waals surface area contributed by atoms with Gasteiger partial charge in [-0.15, -0.1) is 0 Å². The van der Waals surface area contributed by atoms with Crippen molar-refractivity contribution in [2.75, 3.05) is 13.7 Å². The Labute approximate surface area is 89.0 Å². The molecule has 1 heterocycles. The Kier molecular flexibility index (Phi) is 3.71. The van der Waals surface area contributed by atoms with Crippen LogP contribution in [0.2, 0.25) is 0 Å². The molecule has 5 nitrogen and oxygen atoms in total. The largest absolute Gasteiger partial charge is 0.450 e. The number of aryl methyl sites for hydroxylation is 2. The van der Waals surface area contributed by atoms with E-state index in [4.69, 9.17) is 9.26 Å². The number of rotatable bonds is 3. The maximum Gasteiger partial charge on any atom is 0.409 e. The second-order valence-electron chi connectivity index (χ2n) is 3.36. The second-order valence-corrected chi connectivity index (χ2v) is 3.36. The second kappa shape index (κ2) is 4.82. The highest BCUT2D eigenvalue weighted by atomic mass is 16.6. The molecular formula is C10H16N2O3. The van der Waals surface area contributed by atoms with E-state index in [9.17, 15) is 4.79 Å². The number of aromatic nitrogens is 1. The molecule has 0 radical (unpaired) electrons. The molecular weight excluding hydrogens is 196 g/mol. The summed E-state index contributed by atoms with van der Waals surface area (Å²) < 4.78 is 9.88. The molecule has 1 amide bonds. The Bertz CT molecular complexity index is 327. The van der Waals surface area contributed by atoms with Crippen LogP contribution in [-0.4, -0.2) is 29.8 Å². The van der Waals surface area contributed by atoms with Gasteiger partial charge >= 0.3 is 6.09 Å². The van der Waals surface area contributed by atoms with Gasteiger partial charge in [0.25, 0.3) is 0 Å². The average molecular weight is 212 g/mol. The van der Waals surface area contributed by atoms with E-state index < -0.39 is 0 Å². The Morgan fingerprint density at radius 3 is 2.67 bits per heavy atom. The van der Waals surface area contributed by atoms with E-state index in [0.717, 1.165) is 17.0 Å². The number of ether oxygens (including phenoxy) is 1. The normalized spacial score (nSPS) is 10.1. The van der Waals surface area contributed by atoms with Crippen LogP contribution in [0.1, 0.15) is 23.9 Å². The fourth-order valence-corrected chi connectivity index (χ4v) is 1.26. The molecule has 0 saturated carbocycles. The summed E-state index contributed by atoms with van der Waals surface area (Å²) in [5.74, 6) is 0.739. The third kappa shape index (κ3) is 2.71. The molecule has 0 spiro atoms. The van der Waals surface area contributed by atoms with Gasteiger partial charge in [0.2, 0.25) is 0 Å². The highest BCUT2D eigenvalue weighted by Gasteiger charge is 2.15. The number of carbonyl (C=O) groups is 1. The first-order valence-corrected chi connectivity index (χ1v) is 4.85. The van der Waals surface area contributed by atoms with Crippen molar-refractivity contribution in [2.45, 2.75) is 27.3 Å². The highest BCUT2D eigenvalue weighted by molar-refractivity contribution is 5.67. The van der Waals surface area contributed by atoms with Crippen LogP contribution in [-0.2, 0) is 11.3 Å². The molecule has 15 heavy (non-hydrogen) atoms. The number of hydrogen-bond acceptors (Lipinski definition) is 4. The summed E-state index contributed by atoms with van der Waals surface area (Å²) in [6.07, 6.45) is -0.336. The molecule has 0 bridgehead atoms. The van der Waals surface area contributed by atoms with Crippen LogP contribution in [0.3, 0.4) is 0 Å². The Hall–Kier alpha value is -1.52. The molecule has 0 aromatic carbocycles. The predicted octanol–water partition coefficient (Wildman–Crippen LogP) is 1.88. The van der Waals surface area contributed by atoms with Gasteiger partial charge in [-0.3, -0.25) is 0 Å². The van der Waals surface area contributed by atoms with Crippen molar-refractivity contribution in [3.05, 3.63) is 17.0 Å². The zero-order valence-electron chi connectivity index (χ0n) is 9.53. The summed E-state index contributed by atoms with van der Waals surface area (Å²) in [6.45, 7) is 6.30. The van der Waals surface area contributed by atoms with Crippen molar-refractivity contribution in [3.63, 3.8) is 0 Å². The molecule has 0 aliphatic carbocycles. The van der Waals surface area contributed by atoms with Crippen LogP contribution >= 0.6 is 0 Å². The van der Waals surface area contributed by atoms with Gasteiger partial charge in [-0.2, -0.15) is 0 Å². The number of amides is 1. The van der Waals surface area contributed by atoms with Crippen LogP contribution in [0, 0.1) is 13.8 Å². The predicted molar refractivity (Wildman–Crippen MR) is 54.5 cm³/mol. The Morgan fingerprint density at radius 1 is 1.53 bits per heavy atom. The van der Waals surface area contributed by atoms with E-state index in [1.54, 1.807) is 14.0 Å². The zero-order valence-corrected chi connectivity index (χ0v) is 9.53. The van der Waals surface area contributed by atoms with Gasteiger partial charge in [-0.25, -0.2) is 4.79 Å². The van der Waals surface area contributed by atoms with E-state index in [2.05, 4.69) is 5.16 Å². The lowest BCUT2D eigenvalue weighted by Gasteiger charge is -2.15. The van der Waals surface area contributed by atoms with Gasteiger partial charge in [-0.1, -0.05) is 5.16 Å². The summed E-state index contributed by atoms with van der Waals surface area (Å²) >= 11 is 0. The van der Waals surface area contributed by atoms with Gasteiger partial charge in [0, 0.05) is 12.6 Å². The summed E-state index contributed by atoms with van der Waals surface area (Å²) in [6, 6.07) is 0. The first-order valence-electron chi connectivity index (χ1n) is 4.85. The topological polar surface area (TPSA) is 55.6 Å². The van der Waals surface area contributed by atoms with Crippen molar-refractivity contribution in [2.24, 2.45) is 0 Å². The molecule has 1 rings (SSSR count). The maximum absolute atomic E-state index is 11.3. The maximum atomic E-state index is 11.3. The quantitative estimate of drug-likeness (QED) is 0.767. The summed E-state index contributed by atoms with van der Waals surface area (Å²) in [5, 5.41) is 3.82. The third-order valence-electron chi connectivity index (χ3n) is 2.16. The highest BCUT2D eigenvalue weighted by Crippen LogP contribution is 2.14. The molecule has 0 saturated heterocycles. The minimum absolute atomic E-state index is 0.336. The van der Waals surface area contributed by atoms with E-state index >= 15 is 0 Å². The minimum atomic E-state index is -0.336. The van der Waals surface area contributed by atoms with Crippen LogP contribution in [0.4, 0.5) is 4.79 Å². The zero-order chi connectivity index (χ0) is 11.4. The monoisotopic (exact) mass is 212 g/mol. The first kappa shape index (κ1) is 11.6. The van der Waals surface area contributed by atoms with Crippen molar-refractivity contribution in [1.29, 1.82) is 0 Å². The SMILES string of the molecule is CCOC(=O)N(C)Cc1c(C)noc1C. The van der Waals surface area contributed by atoms with Crippen molar-refractivity contribution >= 4 is 6.09 Å². The molecule has 1 aromatic rings. The fraction of sp³-hybridized carbons (Fsp3) is 0.600. The first-order chi connectivity index (χ1) is 7.06. The van der Waals surface area contributed by atoms with E-state index in [1.165, 1.54) is 4.90 Å². The van der Waals surface area contributed by atoms with Crippen molar-refractivity contribution in [1.82, 2.24) is 10.1 Å². The number of nitrogens with zero attached hydrogens (tertiary/aromatic N) is 2. The van der Waals surface area contributed by atoms with Crippen molar-refractivity contribution in [3.8, 4) is 0 Å². The van der Waals surface area contributed by atoms with Crippen molar-refractivity contribution < 1.29 is 14.1 Å². The lowest BCUT2D eigenvalue weighted by Crippen LogP contribution is -2.27. The van der Waals surface area contributed by atoms with Crippen LogP contribution in [0.15, 0.2) is 4.52 Å². The third-order valence-corrected chi connectivity index (χ3v) is 2.16. The number of hydrogen-bond donors (Lipinski definition) is 0. The van der Waals surface area contributed by atoms with Crippen LogP contribution in [0.5, 0.6) is 0 Å². The van der Waals surface area contributed by atoms with Gasteiger partial charge in [-0.05, 0) is 20.8 Å². The lowest BCUT2D eigenvalue weighted by molar-refractivity contribution is 0.114. The van der Waals surface area contributed by atoms with Gasteiger partial charge in [0.1, 0.15) is 5.76 Å². The standard InChI is InChI=1S/C10H16N2O3/c1-5-14-10(13)12(4)6-9-7(2)11-15-8(9)3/h5-6H2,1-4H3. The summed E-state index contributed by atoms with van der Waals surface area (Å²) in [5.41, 5.74) is 1.74. The molecule has 0 aliphatic rings. The lowest BCUT2D eigenvalue weighted by atomic mass is 10.2. The molecule has 0 unspecified atom stereocenters. The molecule has 5 heteroatoms. The number of carbonyl (C=O) groups excluding carboxylic acids is 1. The minimum Gasteiger partial charge on any atom is -0.450 e. The molecule has 0 fully saturated rings. The van der Waals surface area contributed by atoms with E-state index in [1.807, 2.05) is 13.8 Å². The average Bonchev–Trinajstić information content (AvgIpc) is 2.49. The Morgan fingerprint density at radius 2 is 2.20 bits per heavy atom. The molecule has 1 aromatic heterocycles.